The lowest BCUT2D eigenvalue weighted by atomic mass is 10.2. The number of hydrogen-bond donors (Lipinski definition) is 0. The first-order chi connectivity index (χ1) is 12.6. The van der Waals surface area contributed by atoms with Crippen LogP contribution in [0.3, 0.4) is 0 Å². The number of methoxy groups -OCH3 is 1. The largest absolute Gasteiger partial charge is 0.494 e. The topological polar surface area (TPSA) is 53.4 Å². The van der Waals surface area contributed by atoms with Gasteiger partial charge in [0.25, 0.3) is 0 Å². The van der Waals surface area contributed by atoms with Gasteiger partial charge >= 0.3 is 5.97 Å². The summed E-state index contributed by atoms with van der Waals surface area (Å²) in [6, 6.07) is 12.2. The number of rotatable bonds is 7. The summed E-state index contributed by atoms with van der Waals surface area (Å²) in [5.41, 5.74) is 2.31. The van der Waals surface area contributed by atoms with Crippen LogP contribution in [0.2, 0.25) is 0 Å². The maximum Gasteiger partial charge on any atom is 0.326 e. The van der Waals surface area contributed by atoms with Crippen molar-refractivity contribution in [3.05, 3.63) is 59.7 Å². The summed E-state index contributed by atoms with van der Waals surface area (Å²) in [5.74, 6) is 0.805. The monoisotopic (exact) mass is 374 g/mol. The lowest BCUT2D eigenvalue weighted by Gasteiger charge is -2.10. The van der Waals surface area contributed by atoms with Crippen molar-refractivity contribution in [2.24, 2.45) is 0 Å². The van der Waals surface area contributed by atoms with Crippen molar-refractivity contribution in [1.29, 1.82) is 0 Å². The smallest absolute Gasteiger partial charge is 0.326 e. The molecule has 0 aliphatic carbocycles. The Morgan fingerprint density at radius 3 is 2.81 bits per heavy atom. The molecule has 3 rings (SSSR count). The molecule has 3 aromatic rings. The van der Waals surface area contributed by atoms with E-state index in [-0.39, 0.29) is 18.9 Å². The molecule has 0 saturated heterocycles. The predicted octanol–water partition coefficient (Wildman–Crippen LogP) is 3.79. The Morgan fingerprint density at radius 1 is 1.27 bits per heavy atom. The highest BCUT2D eigenvalue weighted by Gasteiger charge is 2.14. The molecule has 0 saturated carbocycles. The van der Waals surface area contributed by atoms with Gasteiger partial charge in [-0.25, -0.2) is 9.37 Å². The van der Waals surface area contributed by atoms with E-state index in [1.165, 1.54) is 19.2 Å². The average Bonchev–Trinajstić information content (AvgIpc) is 2.98. The normalized spacial score (nSPS) is 10.9. The molecule has 0 N–H and O–H groups in total. The molecule has 1 aromatic heterocycles. The van der Waals surface area contributed by atoms with Gasteiger partial charge in [0.2, 0.25) is 0 Å². The Hall–Kier alpha value is -2.54. The van der Waals surface area contributed by atoms with Crippen LogP contribution in [-0.4, -0.2) is 28.9 Å². The second-order valence-corrected chi connectivity index (χ2v) is 6.53. The highest BCUT2D eigenvalue weighted by atomic mass is 32.2. The van der Waals surface area contributed by atoms with Crippen molar-refractivity contribution in [2.75, 3.05) is 13.4 Å². The van der Waals surface area contributed by atoms with E-state index in [2.05, 4.69) is 4.98 Å². The highest BCUT2D eigenvalue weighted by Crippen LogP contribution is 2.20. The molecular weight excluding hydrogens is 355 g/mol. The van der Waals surface area contributed by atoms with Crippen LogP contribution in [0.15, 0.2) is 42.5 Å². The summed E-state index contributed by atoms with van der Waals surface area (Å²) in [7, 11) is 1.40. The van der Waals surface area contributed by atoms with Crippen LogP contribution < -0.4 is 4.74 Å². The van der Waals surface area contributed by atoms with Crippen molar-refractivity contribution < 1.29 is 18.7 Å². The van der Waals surface area contributed by atoms with Crippen LogP contribution in [0, 0.1) is 5.82 Å². The first-order valence-electron chi connectivity index (χ1n) is 8.03. The zero-order chi connectivity index (χ0) is 18.5. The van der Waals surface area contributed by atoms with Gasteiger partial charge in [-0.15, -0.1) is 0 Å². The summed E-state index contributed by atoms with van der Waals surface area (Å²) < 4.78 is 25.8. The minimum absolute atomic E-state index is 0.00420. The van der Waals surface area contributed by atoms with Crippen molar-refractivity contribution in [3.63, 3.8) is 0 Å². The third-order valence-electron chi connectivity index (χ3n) is 3.91. The minimum atomic E-state index is -0.482. The molecule has 136 valence electrons. The molecule has 0 aliphatic rings. The summed E-state index contributed by atoms with van der Waals surface area (Å²) >= 11 is 1.64. The lowest BCUT2D eigenvalue weighted by molar-refractivity contribution is -0.145. The molecule has 0 unspecified atom stereocenters. The maximum absolute atomic E-state index is 13.7. The maximum atomic E-state index is 13.7. The Kier molecular flexibility index (Phi) is 5.78. The first-order valence-corrected chi connectivity index (χ1v) is 9.43. The molecular formula is C19H19FN2O3S. The number of ether oxygens (including phenoxy) is 2. The number of hydrogen-bond acceptors (Lipinski definition) is 5. The lowest BCUT2D eigenvalue weighted by Crippen LogP contribution is -2.15. The molecule has 0 amide bonds. The number of halogens is 1. The van der Waals surface area contributed by atoms with Crippen molar-refractivity contribution >= 4 is 28.8 Å². The Morgan fingerprint density at radius 2 is 2.08 bits per heavy atom. The SMILES string of the molecule is COc1ccc(COC(=O)Cn2c(CSC)nc3ccccc32)cc1F. The van der Waals surface area contributed by atoms with Crippen LogP contribution in [0.4, 0.5) is 4.39 Å². The van der Waals surface area contributed by atoms with Crippen LogP contribution >= 0.6 is 11.8 Å². The number of imidazole rings is 1. The van der Waals surface area contributed by atoms with Gasteiger partial charge in [-0.3, -0.25) is 4.79 Å². The number of fused-ring (bicyclic) bond motifs is 1. The van der Waals surface area contributed by atoms with Crippen molar-refractivity contribution in [2.45, 2.75) is 18.9 Å². The van der Waals surface area contributed by atoms with E-state index in [1.54, 1.807) is 17.8 Å². The Labute approximate surface area is 155 Å². The number of para-hydroxylation sites is 2. The number of carbonyl (C=O) groups excluding carboxylic acids is 1. The average molecular weight is 374 g/mol. The standard InChI is InChI=1S/C19H19FN2O3S/c1-24-17-8-7-13(9-14(17)20)11-25-19(23)10-22-16-6-4-3-5-15(16)21-18(22)12-26-2/h3-9H,10-12H2,1-2H3. The zero-order valence-electron chi connectivity index (χ0n) is 14.6. The Bertz CT molecular complexity index is 926. The fraction of sp³-hybridized carbons (Fsp3) is 0.263. The quantitative estimate of drug-likeness (QED) is 0.589. The first kappa shape index (κ1) is 18.3. The van der Waals surface area contributed by atoms with E-state index in [0.717, 1.165) is 16.9 Å². The summed E-state index contributed by atoms with van der Waals surface area (Å²) in [4.78, 5) is 16.9. The molecule has 0 radical (unpaired) electrons. The molecule has 0 bridgehead atoms. The van der Waals surface area contributed by atoms with Crippen LogP contribution in [0.25, 0.3) is 11.0 Å². The molecule has 1 heterocycles. The van der Waals surface area contributed by atoms with Crippen molar-refractivity contribution in [3.8, 4) is 5.75 Å². The van der Waals surface area contributed by atoms with Gasteiger partial charge in [-0.1, -0.05) is 18.2 Å². The predicted molar refractivity (Wildman–Crippen MR) is 99.7 cm³/mol. The van der Waals surface area contributed by atoms with Gasteiger partial charge < -0.3 is 14.0 Å². The number of esters is 1. The molecule has 0 fully saturated rings. The van der Waals surface area contributed by atoms with E-state index in [9.17, 15) is 9.18 Å². The molecule has 7 heteroatoms. The molecule has 0 aliphatic heterocycles. The fourth-order valence-electron chi connectivity index (χ4n) is 2.68. The number of aromatic nitrogens is 2. The molecule has 5 nitrogen and oxygen atoms in total. The van der Waals surface area contributed by atoms with Crippen molar-refractivity contribution in [1.82, 2.24) is 9.55 Å². The summed E-state index contributed by atoms with van der Waals surface area (Å²) in [6.45, 7) is 0.0687. The van der Waals surface area contributed by atoms with Crippen LogP contribution in [0.5, 0.6) is 5.75 Å². The summed E-state index contributed by atoms with van der Waals surface area (Å²) in [6.07, 6.45) is 1.99. The third kappa shape index (κ3) is 3.99. The molecule has 0 atom stereocenters. The number of benzene rings is 2. The van der Waals surface area contributed by atoms with Gasteiger partial charge in [-0.2, -0.15) is 11.8 Å². The van der Waals surface area contributed by atoms with E-state index in [1.807, 2.05) is 35.1 Å². The second-order valence-electron chi connectivity index (χ2n) is 5.67. The summed E-state index contributed by atoms with van der Waals surface area (Å²) in [5, 5.41) is 0. The molecule has 2 aromatic carbocycles. The van der Waals surface area contributed by atoms with E-state index in [4.69, 9.17) is 9.47 Å². The fourth-order valence-corrected chi connectivity index (χ4v) is 3.16. The van der Waals surface area contributed by atoms with E-state index >= 15 is 0 Å². The van der Waals surface area contributed by atoms with Gasteiger partial charge in [0.1, 0.15) is 19.0 Å². The van der Waals surface area contributed by atoms with Gasteiger partial charge in [0.05, 0.1) is 23.9 Å². The number of nitrogens with zero attached hydrogens (tertiary/aromatic N) is 2. The van der Waals surface area contributed by atoms with E-state index in [0.29, 0.717) is 11.3 Å². The van der Waals surface area contributed by atoms with Crippen LogP contribution in [-0.2, 0) is 28.4 Å². The Balaban J connectivity index is 1.71. The zero-order valence-corrected chi connectivity index (χ0v) is 15.4. The van der Waals surface area contributed by atoms with Gasteiger partial charge in [-0.05, 0) is 36.1 Å². The highest BCUT2D eigenvalue weighted by molar-refractivity contribution is 7.97. The van der Waals surface area contributed by atoms with Gasteiger partial charge in [0, 0.05) is 0 Å². The second kappa shape index (κ2) is 8.23. The van der Waals surface area contributed by atoms with Gasteiger partial charge in [0.15, 0.2) is 11.6 Å². The number of thioether (sulfide) groups is 1. The molecule has 0 spiro atoms. The third-order valence-corrected chi connectivity index (χ3v) is 4.46. The molecule has 26 heavy (non-hydrogen) atoms. The minimum Gasteiger partial charge on any atom is -0.494 e. The van der Waals surface area contributed by atoms with E-state index < -0.39 is 11.8 Å². The van der Waals surface area contributed by atoms with Crippen LogP contribution in [0.1, 0.15) is 11.4 Å². The number of carbonyl (C=O) groups is 1.